The Morgan fingerprint density at radius 2 is 2.29 bits per heavy atom. The molecule has 7 heavy (non-hydrogen) atoms. The SMILES string of the molecule is O=[SH](=O)CN[C]=S. The van der Waals surface area contributed by atoms with Crippen molar-refractivity contribution in [2.24, 2.45) is 0 Å². The molecule has 0 aliphatic rings. The summed E-state index contributed by atoms with van der Waals surface area (Å²) in [6.45, 7) is 0. The van der Waals surface area contributed by atoms with Crippen molar-refractivity contribution in [3.05, 3.63) is 0 Å². The average Bonchev–Trinajstić information content (AvgIpc) is 1.61. The second kappa shape index (κ2) is 4.01. The van der Waals surface area contributed by atoms with E-state index < -0.39 is 10.7 Å². The Hall–Kier alpha value is -0.160. The van der Waals surface area contributed by atoms with Gasteiger partial charge in [0.2, 0.25) is 0 Å². The lowest BCUT2D eigenvalue weighted by Gasteiger charge is -1.81. The summed E-state index contributed by atoms with van der Waals surface area (Å²) in [5.74, 6) is -0.112. The average molecular weight is 138 g/mol. The van der Waals surface area contributed by atoms with Gasteiger partial charge in [0, 0.05) is 0 Å². The highest BCUT2D eigenvalue weighted by atomic mass is 32.2. The normalized spacial score (nSPS) is 8.71. The zero-order valence-corrected chi connectivity index (χ0v) is 5.09. The maximum Gasteiger partial charge on any atom is 0.158 e. The molecule has 0 aromatic heterocycles. The van der Waals surface area contributed by atoms with Crippen LogP contribution in [0.3, 0.4) is 0 Å². The van der Waals surface area contributed by atoms with E-state index in [1.54, 1.807) is 0 Å². The van der Waals surface area contributed by atoms with E-state index in [1.165, 1.54) is 0 Å². The van der Waals surface area contributed by atoms with E-state index in [-0.39, 0.29) is 5.88 Å². The summed E-state index contributed by atoms with van der Waals surface area (Å²) < 4.78 is 19.3. The zero-order chi connectivity index (χ0) is 5.70. The van der Waals surface area contributed by atoms with E-state index in [9.17, 15) is 8.42 Å². The smallest absolute Gasteiger partial charge is 0.158 e. The fourth-order valence-electron chi connectivity index (χ4n) is 0.0968. The summed E-state index contributed by atoms with van der Waals surface area (Å²) >= 11 is 4.14. The van der Waals surface area contributed by atoms with Gasteiger partial charge in [-0.1, -0.05) is 12.2 Å². The molecule has 0 aromatic rings. The lowest BCUT2D eigenvalue weighted by atomic mass is 11.3. The molecule has 0 aromatic carbocycles. The van der Waals surface area contributed by atoms with Gasteiger partial charge in [0.25, 0.3) is 0 Å². The molecule has 0 atom stereocenters. The van der Waals surface area contributed by atoms with E-state index in [0.29, 0.717) is 0 Å². The highest BCUT2D eigenvalue weighted by Crippen LogP contribution is 1.52. The molecule has 0 heterocycles. The molecule has 3 nitrogen and oxygen atoms in total. The standard InChI is InChI=1S/C2H4NO2S2/c4-7(5)2-3-1-6/h7H,2H2,(H,3,6). The molecule has 41 valence electrons. The summed E-state index contributed by atoms with van der Waals surface area (Å²) in [4.78, 5) is 0. The van der Waals surface area contributed by atoms with Crippen LogP contribution in [-0.2, 0) is 10.7 Å². The number of rotatable bonds is 3. The molecule has 0 unspecified atom stereocenters. The highest BCUT2D eigenvalue weighted by molar-refractivity contribution is 7.79. The van der Waals surface area contributed by atoms with Gasteiger partial charge >= 0.3 is 0 Å². The second-order valence-corrected chi connectivity index (χ2v) is 1.96. The Bertz CT molecular complexity index is 111. The summed E-state index contributed by atoms with van der Waals surface area (Å²) in [6, 6.07) is 0. The molecule has 5 heteroatoms. The van der Waals surface area contributed by atoms with Crippen molar-refractivity contribution < 1.29 is 8.42 Å². The summed E-state index contributed by atoms with van der Waals surface area (Å²) in [7, 11) is -2.35. The third-order valence-corrected chi connectivity index (χ3v) is 0.841. The number of nitrogens with one attached hydrogen (secondary N) is 1. The number of hydrogen-bond acceptors (Lipinski definition) is 3. The highest BCUT2D eigenvalue weighted by Gasteiger charge is 1.76. The van der Waals surface area contributed by atoms with Gasteiger partial charge < -0.3 is 5.32 Å². The molecule has 1 N–H and O–H groups in total. The lowest BCUT2D eigenvalue weighted by molar-refractivity contribution is 0.613. The van der Waals surface area contributed by atoms with Gasteiger partial charge in [0.15, 0.2) is 10.7 Å². The first-order chi connectivity index (χ1) is 3.27. The van der Waals surface area contributed by atoms with Gasteiger partial charge in [-0.15, -0.1) is 0 Å². The molecule has 0 bridgehead atoms. The van der Waals surface area contributed by atoms with Crippen LogP contribution in [-0.4, -0.2) is 19.8 Å². The van der Waals surface area contributed by atoms with Crippen molar-refractivity contribution in [2.75, 3.05) is 5.88 Å². The summed E-state index contributed by atoms with van der Waals surface area (Å²) in [5, 5.41) is 2.22. The zero-order valence-electron chi connectivity index (χ0n) is 3.38. The molecule has 0 rings (SSSR count). The fraction of sp³-hybridized carbons (Fsp3) is 0.500. The van der Waals surface area contributed by atoms with E-state index in [0.717, 1.165) is 0 Å². The van der Waals surface area contributed by atoms with Crippen LogP contribution < -0.4 is 5.32 Å². The Labute approximate surface area is 48.7 Å². The van der Waals surface area contributed by atoms with Gasteiger partial charge in [-0.2, -0.15) is 0 Å². The van der Waals surface area contributed by atoms with Crippen LogP contribution in [0, 0.1) is 0 Å². The maximum absolute atomic E-state index is 9.65. The largest absolute Gasteiger partial charge is 0.360 e. The second-order valence-electron chi connectivity index (χ2n) is 0.770. The van der Waals surface area contributed by atoms with E-state index >= 15 is 0 Å². The van der Waals surface area contributed by atoms with Crippen LogP contribution in [0.25, 0.3) is 0 Å². The quantitative estimate of drug-likeness (QED) is 0.298. The number of thiocarbonyl (C=S) groups is 1. The monoisotopic (exact) mass is 138 g/mol. The van der Waals surface area contributed by atoms with E-state index in [4.69, 9.17) is 0 Å². The van der Waals surface area contributed by atoms with Crippen LogP contribution in [0.15, 0.2) is 0 Å². The predicted molar refractivity (Wildman–Crippen MR) is 30.9 cm³/mol. The minimum atomic E-state index is -2.35. The van der Waals surface area contributed by atoms with Gasteiger partial charge in [0.1, 0.15) is 11.4 Å². The third-order valence-electron chi connectivity index (χ3n) is 0.280. The van der Waals surface area contributed by atoms with Crippen molar-refractivity contribution in [1.82, 2.24) is 5.32 Å². The van der Waals surface area contributed by atoms with Crippen LogP contribution in [0.4, 0.5) is 0 Å². The molecule has 0 saturated heterocycles. The molecule has 0 saturated carbocycles. The molecule has 0 spiro atoms. The van der Waals surface area contributed by atoms with Crippen molar-refractivity contribution in [3.63, 3.8) is 0 Å². The van der Waals surface area contributed by atoms with Crippen LogP contribution >= 0.6 is 12.2 Å². The van der Waals surface area contributed by atoms with Gasteiger partial charge in [-0.25, -0.2) is 8.42 Å². The lowest BCUT2D eigenvalue weighted by Crippen LogP contribution is -2.11. The first-order valence-corrected chi connectivity index (χ1v) is 3.26. The topological polar surface area (TPSA) is 46.2 Å². The number of thiol groups is 1. The Balaban J connectivity index is 3.14. The van der Waals surface area contributed by atoms with Gasteiger partial charge in [-0.05, 0) is 0 Å². The van der Waals surface area contributed by atoms with Crippen molar-refractivity contribution in [1.29, 1.82) is 0 Å². The van der Waals surface area contributed by atoms with Gasteiger partial charge in [-0.3, -0.25) is 0 Å². The molecule has 1 radical (unpaired) electrons. The number of hydrogen-bond donors (Lipinski definition) is 2. The van der Waals surface area contributed by atoms with Crippen molar-refractivity contribution in [2.45, 2.75) is 0 Å². The molecule has 0 aliphatic carbocycles. The third kappa shape index (κ3) is 5.84. The Kier molecular flexibility index (Phi) is 3.92. The maximum atomic E-state index is 9.65. The fourth-order valence-corrected chi connectivity index (χ4v) is 0.484. The first-order valence-electron chi connectivity index (χ1n) is 1.49. The Morgan fingerprint density at radius 1 is 1.71 bits per heavy atom. The van der Waals surface area contributed by atoms with Crippen LogP contribution in [0.5, 0.6) is 0 Å². The molecular formula is C2H4NO2S2. The summed E-state index contributed by atoms with van der Waals surface area (Å²) in [5.41, 5.74) is 2.05. The molecule has 0 fully saturated rings. The minimum Gasteiger partial charge on any atom is -0.360 e. The van der Waals surface area contributed by atoms with Crippen molar-refractivity contribution in [3.8, 4) is 0 Å². The van der Waals surface area contributed by atoms with E-state index in [1.807, 2.05) is 5.49 Å². The predicted octanol–water partition coefficient (Wildman–Crippen LogP) is -1.02. The Morgan fingerprint density at radius 3 is 2.43 bits per heavy atom. The first kappa shape index (κ1) is 6.84. The van der Waals surface area contributed by atoms with Crippen LogP contribution in [0.1, 0.15) is 0 Å². The molecule has 0 amide bonds. The molecule has 0 aliphatic heterocycles. The minimum absolute atomic E-state index is 0.112. The van der Waals surface area contributed by atoms with Crippen molar-refractivity contribution >= 4 is 28.4 Å². The van der Waals surface area contributed by atoms with E-state index in [2.05, 4.69) is 17.5 Å². The van der Waals surface area contributed by atoms with Crippen LogP contribution in [0.2, 0.25) is 0 Å². The van der Waals surface area contributed by atoms with Gasteiger partial charge in [0.05, 0.1) is 0 Å². The summed E-state index contributed by atoms with van der Waals surface area (Å²) in [6.07, 6.45) is 0. The molecular weight excluding hydrogens is 134 g/mol.